The van der Waals surface area contributed by atoms with Crippen molar-refractivity contribution in [3.05, 3.63) is 48.3 Å². The van der Waals surface area contributed by atoms with E-state index in [1.165, 1.54) is 12.1 Å². The van der Waals surface area contributed by atoms with Gasteiger partial charge < -0.3 is 5.73 Å². The van der Waals surface area contributed by atoms with Crippen LogP contribution in [0.5, 0.6) is 0 Å². The number of nitrogens with zero attached hydrogens (tertiary/aromatic N) is 8. The third kappa shape index (κ3) is 3.63. The van der Waals surface area contributed by atoms with Gasteiger partial charge in [0.05, 0.1) is 17.8 Å². The highest BCUT2D eigenvalue weighted by atomic mass is 32.2. The normalized spacial score (nSPS) is 14.8. The van der Waals surface area contributed by atoms with Crippen LogP contribution in [0.4, 0.5) is 14.6 Å². The van der Waals surface area contributed by atoms with E-state index in [4.69, 9.17) is 5.73 Å². The lowest BCUT2D eigenvalue weighted by Gasteiger charge is -2.20. The number of tetrazole rings is 1. The van der Waals surface area contributed by atoms with Crippen molar-refractivity contribution >= 4 is 17.6 Å². The fourth-order valence-electron chi connectivity index (χ4n) is 3.50. The van der Waals surface area contributed by atoms with Crippen LogP contribution in [0.2, 0.25) is 0 Å². The van der Waals surface area contributed by atoms with E-state index in [9.17, 15) is 8.78 Å². The average molecular weight is 441 g/mol. The molecule has 4 heterocycles. The highest BCUT2D eigenvalue weighted by Crippen LogP contribution is 2.31. The van der Waals surface area contributed by atoms with E-state index in [0.29, 0.717) is 22.9 Å². The van der Waals surface area contributed by atoms with Crippen molar-refractivity contribution in [3.63, 3.8) is 0 Å². The minimum absolute atomic E-state index is 0.132. The van der Waals surface area contributed by atoms with Crippen LogP contribution >= 0.6 is 11.8 Å². The molecule has 1 aliphatic heterocycles. The number of anilines is 1. The van der Waals surface area contributed by atoms with Gasteiger partial charge in [0.1, 0.15) is 17.2 Å². The van der Waals surface area contributed by atoms with Crippen LogP contribution in [0, 0.1) is 11.6 Å². The molecule has 31 heavy (non-hydrogen) atoms. The maximum atomic E-state index is 14.3. The summed E-state index contributed by atoms with van der Waals surface area (Å²) in [5.41, 5.74) is 7.59. The number of nitrogen functional groups attached to an aromatic ring is 1. The van der Waals surface area contributed by atoms with E-state index in [-0.39, 0.29) is 17.3 Å². The fraction of sp³-hybridized carbons (Fsp3) is 0.263. The van der Waals surface area contributed by atoms with Crippen LogP contribution in [-0.4, -0.2) is 51.7 Å². The Morgan fingerprint density at radius 2 is 1.94 bits per heavy atom. The Balaban J connectivity index is 1.53. The van der Waals surface area contributed by atoms with Crippen molar-refractivity contribution in [3.8, 4) is 28.3 Å². The molecule has 1 saturated heterocycles. The van der Waals surface area contributed by atoms with Gasteiger partial charge in [0.25, 0.3) is 0 Å². The zero-order chi connectivity index (χ0) is 21.4. The summed E-state index contributed by atoms with van der Waals surface area (Å²) < 4.78 is 31.0. The lowest BCUT2D eigenvalue weighted by atomic mass is 10.1. The molecule has 0 saturated carbocycles. The highest BCUT2D eigenvalue weighted by Gasteiger charge is 2.21. The molecular formula is C19H17F2N9S. The van der Waals surface area contributed by atoms with Crippen LogP contribution in [0.1, 0.15) is 18.9 Å². The van der Waals surface area contributed by atoms with Gasteiger partial charge in [-0.1, -0.05) is 11.3 Å². The molecule has 0 radical (unpaired) electrons. The number of rotatable bonds is 4. The molecule has 9 nitrogen and oxygen atoms in total. The van der Waals surface area contributed by atoms with Gasteiger partial charge in [-0.3, -0.25) is 0 Å². The Kier molecular flexibility index (Phi) is 5.06. The first kappa shape index (κ1) is 19.5. The van der Waals surface area contributed by atoms with Crippen LogP contribution in [0.3, 0.4) is 0 Å². The molecule has 12 heteroatoms. The number of pyridine rings is 1. The summed E-state index contributed by atoms with van der Waals surface area (Å²) in [6.45, 7) is 0. The molecule has 3 aromatic heterocycles. The Labute approximate surface area is 179 Å². The van der Waals surface area contributed by atoms with Gasteiger partial charge in [0.2, 0.25) is 0 Å². The number of benzene rings is 1. The van der Waals surface area contributed by atoms with Gasteiger partial charge in [-0.25, -0.2) is 18.4 Å². The lowest BCUT2D eigenvalue weighted by molar-refractivity contribution is 0.416. The van der Waals surface area contributed by atoms with E-state index in [1.54, 1.807) is 12.3 Å². The van der Waals surface area contributed by atoms with Gasteiger partial charge >= 0.3 is 0 Å². The molecule has 0 amide bonds. The van der Waals surface area contributed by atoms with Crippen molar-refractivity contribution in [2.45, 2.75) is 18.9 Å². The Morgan fingerprint density at radius 1 is 1.10 bits per heavy atom. The summed E-state index contributed by atoms with van der Waals surface area (Å²) in [6.07, 6.45) is 5.56. The Bertz CT molecular complexity index is 1230. The van der Waals surface area contributed by atoms with Crippen LogP contribution in [0.15, 0.2) is 36.7 Å². The van der Waals surface area contributed by atoms with Gasteiger partial charge in [-0.2, -0.15) is 16.4 Å². The van der Waals surface area contributed by atoms with Gasteiger partial charge in [0, 0.05) is 11.8 Å². The number of thioether (sulfide) groups is 1. The molecule has 4 aromatic rings. The Morgan fingerprint density at radius 3 is 2.77 bits per heavy atom. The average Bonchev–Trinajstić information content (AvgIpc) is 3.47. The predicted molar refractivity (Wildman–Crippen MR) is 111 cm³/mol. The van der Waals surface area contributed by atoms with Gasteiger partial charge in [-0.05, 0) is 53.0 Å². The zero-order valence-electron chi connectivity index (χ0n) is 16.2. The van der Waals surface area contributed by atoms with Crippen LogP contribution in [-0.2, 0) is 0 Å². The molecule has 0 unspecified atom stereocenters. The molecule has 158 valence electrons. The predicted octanol–water partition coefficient (Wildman–Crippen LogP) is 2.91. The van der Waals surface area contributed by atoms with Gasteiger partial charge in [-0.15, -0.1) is 10.2 Å². The summed E-state index contributed by atoms with van der Waals surface area (Å²) in [5.74, 6) is 0.421. The number of hydrogen-bond acceptors (Lipinski definition) is 8. The topological polar surface area (TPSA) is 113 Å². The van der Waals surface area contributed by atoms with Crippen molar-refractivity contribution in [1.82, 2.24) is 40.2 Å². The lowest BCUT2D eigenvalue weighted by Crippen LogP contribution is -2.15. The Hall–Kier alpha value is -3.41. The third-order valence-corrected chi connectivity index (χ3v) is 6.21. The van der Waals surface area contributed by atoms with Gasteiger partial charge in [0.15, 0.2) is 17.5 Å². The van der Waals surface area contributed by atoms with Crippen molar-refractivity contribution in [1.29, 1.82) is 0 Å². The smallest absolute Gasteiger partial charge is 0.190 e. The molecule has 1 aromatic carbocycles. The van der Waals surface area contributed by atoms with Crippen LogP contribution in [0.25, 0.3) is 28.3 Å². The number of halogens is 2. The minimum atomic E-state index is -1.06. The number of nitrogens with two attached hydrogens (primary N) is 1. The highest BCUT2D eigenvalue weighted by molar-refractivity contribution is 7.99. The fourth-order valence-corrected chi connectivity index (χ4v) is 4.59. The molecule has 5 rings (SSSR count). The first-order valence-electron chi connectivity index (χ1n) is 9.60. The van der Waals surface area contributed by atoms with Crippen molar-refractivity contribution in [2.75, 3.05) is 17.2 Å². The maximum Gasteiger partial charge on any atom is 0.190 e. The molecular weight excluding hydrogens is 424 g/mol. The van der Waals surface area contributed by atoms with Crippen molar-refractivity contribution in [2.24, 2.45) is 0 Å². The van der Waals surface area contributed by atoms with E-state index in [0.717, 1.165) is 35.1 Å². The second-order valence-electron chi connectivity index (χ2n) is 7.07. The molecule has 0 bridgehead atoms. The van der Waals surface area contributed by atoms with E-state index in [2.05, 4.69) is 30.8 Å². The molecule has 0 spiro atoms. The first-order valence-corrected chi connectivity index (χ1v) is 10.8. The summed E-state index contributed by atoms with van der Waals surface area (Å²) in [7, 11) is 0. The maximum absolute atomic E-state index is 14.3. The number of hydrogen-bond donors (Lipinski definition) is 1. The second kappa shape index (κ2) is 8.02. The zero-order valence-corrected chi connectivity index (χ0v) is 17.0. The molecule has 0 aliphatic carbocycles. The molecule has 1 aliphatic rings. The summed E-state index contributed by atoms with van der Waals surface area (Å²) >= 11 is 1.94. The standard InChI is InChI=1S/C19H17F2N9S/c20-14-2-1-3-16(17(14)21)30-19(25-26-28-30)13-8-11(9-23-18(13)22)15-10-29(27-24-15)12-4-6-31-7-5-12/h1-3,8-10,12H,4-7H2,(H2,22,23). The second-order valence-corrected chi connectivity index (χ2v) is 8.30. The number of aromatic nitrogens is 8. The molecule has 1 fully saturated rings. The monoisotopic (exact) mass is 441 g/mol. The quantitative estimate of drug-likeness (QED) is 0.514. The van der Waals surface area contributed by atoms with E-state index < -0.39 is 11.6 Å². The van der Waals surface area contributed by atoms with Crippen molar-refractivity contribution < 1.29 is 8.78 Å². The summed E-state index contributed by atoms with van der Waals surface area (Å²) in [5, 5.41) is 19.9. The molecule has 2 N–H and O–H groups in total. The van der Waals surface area contributed by atoms with E-state index in [1.807, 2.05) is 22.6 Å². The largest absolute Gasteiger partial charge is 0.383 e. The molecule has 0 atom stereocenters. The first-order chi connectivity index (χ1) is 15.1. The van der Waals surface area contributed by atoms with E-state index >= 15 is 0 Å². The minimum Gasteiger partial charge on any atom is -0.383 e. The summed E-state index contributed by atoms with van der Waals surface area (Å²) in [6, 6.07) is 5.81. The summed E-state index contributed by atoms with van der Waals surface area (Å²) in [4.78, 5) is 4.23. The SMILES string of the molecule is Nc1ncc(-c2cn(C3CCSCC3)nn2)cc1-c1nnnn1-c1cccc(F)c1F. The van der Waals surface area contributed by atoms with Crippen LogP contribution < -0.4 is 5.73 Å². The third-order valence-electron chi connectivity index (χ3n) is 5.16.